The number of hydrogen-bond acceptors (Lipinski definition) is 1. The summed E-state index contributed by atoms with van der Waals surface area (Å²) >= 11 is 6.16. The molecule has 4 rings (SSSR count). The Morgan fingerprint density at radius 3 is 1.47 bits per heavy atom. The Morgan fingerprint density at radius 2 is 1.03 bits per heavy atom. The molecule has 0 saturated heterocycles. The summed E-state index contributed by atoms with van der Waals surface area (Å²) in [5.74, 6) is -1.36. The summed E-state index contributed by atoms with van der Waals surface area (Å²) in [6.07, 6.45) is 0. The van der Waals surface area contributed by atoms with E-state index >= 15 is 0 Å². The van der Waals surface area contributed by atoms with Gasteiger partial charge < -0.3 is 5.11 Å². The third-order valence-corrected chi connectivity index (χ3v) is 5.82. The van der Waals surface area contributed by atoms with Gasteiger partial charge in [0.05, 0.1) is 0 Å². The smallest absolute Gasteiger partial charge is 0.319 e. The molecule has 0 fully saturated rings. The van der Waals surface area contributed by atoms with E-state index in [0.717, 1.165) is 22.3 Å². The second-order valence-electron chi connectivity index (χ2n) is 7.24. The van der Waals surface area contributed by atoms with Crippen molar-refractivity contribution < 1.29 is 9.90 Å². The number of carbonyl (C=O) groups is 1. The predicted octanol–water partition coefficient (Wildman–Crippen LogP) is 6.54. The van der Waals surface area contributed by atoms with Crippen molar-refractivity contribution in [2.75, 3.05) is 0 Å². The lowest BCUT2D eigenvalue weighted by Crippen LogP contribution is -2.43. The Hall–Kier alpha value is -3.36. The SMILES string of the molecule is O=C(O)C(c1ccccc1)(c1ccccc1)C(c1ccccc1)c1ccc(Cl)cc1. The maximum atomic E-state index is 13.3. The molecular weight excluding hydrogens is 392 g/mol. The van der Waals surface area contributed by atoms with Crippen LogP contribution in [0.1, 0.15) is 28.2 Å². The second-order valence-corrected chi connectivity index (χ2v) is 7.68. The number of rotatable bonds is 6. The third kappa shape index (κ3) is 3.51. The Balaban J connectivity index is 2.11. The number of aliphatic carboxylic acids is 1. The summed E-state index contributed by atoms with van der Waals surface area (Å²) in [4.78, 5) is 13.3. The van der Waals surface area contributed by atoms with Gasteiger partial charge in [0.1, 0.15) is 5.41 Å². The van der Waals surface area contributed by atoms with Crippen LogP contribution in [0.3, 0.4) is 0 Å². The zero-order valence-electron chi connectivity index (χ0n) is 16.3. The molecule has 4 aromatic carbocycles. The molecule has 148 valence electrons. The normalized spacial score (nSPS) is 12.3. The van der Waals surface area contributed by atoms with Crippen molar-refractivity contribution in [1.29, 1.82) is 0 Å². The van der Waals surface area contributed by atoms with Crippen LogP contribution in [-0.4, -0.2) is 11.1 Å². The lowest BCUT2D eigenvalue weighted by molar-refractivity contribution is -0.142. The quantitative estimate of drug-likeness (QED) is 0.390. The van der Waals surface area contributed by atoms with E-state index < -0.39 is 17.3 Å². The van der Waals surface area contributed by atoms with Gasteiger partial charge in [0.2, 0.25) is 0 Å². The van der Waals surface area contributed by atoms with Crippen molar-refractivity contribution in [2.24, 2.45) is 0 Å². The van der Waals surface area contributed by atoms with Crippen molar-refractivity contribution in [1.82, 2.24) is 0 Å². The summed E-state index contributed by atoms with van der Waals surface area (Å²) in [7, 11) is 0. The van der Waals surface area contributed by atoms with Crippen molar-refractivity contribution in [3.63, 3.8) is 0 Å². The standard InChI is InChI=1S/C27H21ClO2/c28-24-18-16-21(17-19-24)25(20-10-4-1-5-11-20)27(26(29)30,22-12-6-2-7-13-22)23-14-8-3-9-15-23/h1-19,25H,(H,29,30). The predicted molar refractivity (Wildman–Crippen MR) is 121 cm³/mol. The average molecular weight is 413 g/mol. The van der Waals surface area contributed by atoms with Crippen LogP contribution < -0.4 is 0 Å². The summed E-state index contributed by atoms with van der Waals surface area (Å²) in [5, 5.41) is 11.5. The molecule has 0 aliphatic heterocycles. The molecule has 1 N–H and O–H groups in total. The maximum absolute atomic E-state index is 13.3. The topological polar surface area (TPSA) is 37.3 Å². The summed E-state index contributed by atoms with van der Waals surface area (Å²) in [6, 6.07) is 36.2. The minimum Gasteiger partial charge on any atom is -0.480 e. The first-order chi connectivity index (χ1) is 14.6. The molecule has 1 atom stereocenters. The lowest BCUT2D eigenvalue weighted by Gasteiger charge is -2.39. The first-order valence-electron chi connectivity index (χ1n) is 9.79. The summed E-state index contributed by atoms with van der Waals surface area (Å²) < 4.78 is 0. The Kier molecular flexibility index (Phi) is 5.69. The molecule has 0 aliphatic carbocycles. The molecule has 30 heavy (non-hydrogen) atoms. The van der Waals surface area contributed by atoms with Crippen LogP contribution in [0.2, 0.25) is 5.02 Å². The highest BCUT2D eigenvalue weighted by atomic mass is 35.5. The van der Waals surface area contributed by atoms with Gasteiger partial charge >= 0.3 is 5.97 Å². The van der Waals surface area contributed by atoms with Gasteiger partial charge in [0.15, 0.2) is 0 Å². The zero-order valence-corrected chi connectivity index (χ0v) is 17.0. The molecular formula is C27H21ClO2. The molecule has 0 radical (unpaired) electrons. The van der Waals surface area contributed by atoms with Gasteiger partial charge in [-0.2, -0.15) is 0 Å². The lowest BCUT2D eigenvalue weighted by atomic mass is 9.61. The molecule has 4 aromatic rings. The highest BCUT2D eigenvalue weighted by Gasteiger charge is 2.50. The minimum absolute atomic E-state index is 0.460. The first kappa shape index (κ1) is 19.9. The molecule has 0 bridgehead atoms. The molecule has 0 amide bonds. The molecule has 3 heteroatoms. The highest BCUT2D eigenvalue weighted by molar-refractivity contribution is 6.30. The van der Waals surface area contributed by atoms with Gasteiger partial charge in [-0.25, -0.2) is 0 Å². The van der Waals surface area contributed by atoms with Crippen molar-refractivity contribution >= 4 is 17.6 Å². The second kappa shape index (κ2) is 8.56. The Labute approximate surface area is 181 Å². The average Bonchev–Trinajstić information content (AvgIpc) is 2.80. The van der Waals surface area contributed by atoms with Crippen LogP contribution in [0.25, 0.3) is 0 Å². The number of halogens is 1. The number of carboxylic acids is 1. The van der Waals surface area contributed by atoms with E-state index in [2.05, 4.69) is 0 Å². The van der Waals surface area contributed by atoms with Crippen LogP contribution in [-0.2, 0) is 10.2 Å². The van der Waals surface area contributed by atoms with Crippen LogP contribution in [0.15, 0.2) is 115 Å². The molecule has 0 aromatic heterocycles. The zero-order chi connectivity index (χ0) is 21.0. The van der Waals surface area contributed by atoms with Gasteiger partial charge in [-0.15, -0.1) is 0 Å². The molecule has 0 saturated carbocycles. The van der Waals surface area contributed by atoms with Crippen molar-refractivity contribution in [3.05, 3.63) is 143 Å². The van der Waals surface area contributed by atoms with Crippen molar-refractivity contribution in [3.8, 4) is 0 Å². The monoisotopic (exact) mass is 412 g/mol. The van der Waals surface area contributed by atoms with E-state index in [1.54, 1.807) is 0 Å². The van der Waals surface area contributed by atoms with Crippen LogP contribution in [0.4, 0.5) is 0 Å². The van der Waals surface area contributed by atoms with Gasteiger partial charge in [0, 0.05) is 10.9 Å². The summed E-state index contributed by atoms with van der Waals surface area (Å²) in [5.41, 5.74) is 1.95. The number of carboxylic acid groups (broad SMARTS) is 1. The molecule has 2 nitrogen and oxygen atoms in total. The number of benzene rings is 4. The highest BCUT2D eigenvalue weighted by Crippen LogP contribution is 2.48. The third-order valence-electron chi connectivity index (χ3n) is 5.56. The Morgan fingerprint density at radius 1 is 0.633 bits per heavy atom. The van der Waals surface area contributed by atoms with E-state index in [1.807, 2.05) is 115 Å². The van der Waals surface area contributed by atoms with Gasteiger partial charge in [-0.3, -0.25) is 4.79 Å². The maximum Gasteiger partial charge on any atom is 0.319 e. The fourth-order valence-electron chi connectivity index (χ4n) is 4.27. The van der Waals surface area contributed by atoms with Gasteiger partial charge in [0.25, 0.3) is 0 Å². The molecule has 0 aliphatic rings. The van der Waals surface area contributed by atoms with E-state index in [0.29, 0.717) is 5.02 Å². The van der Waals surface area contributed by atoms with Crippen molar-refractivity contribution in [2.45, 2.75) is 11.3 Å². The fourth-order valence-corrected chi connectivity index (χ4v) is 4.39. The largest absolute Gasteiger partial charge is 0.480 e. The Bertz CT molecular complexity index is 1070. The first-order valence-corrected chi connectivity index (χ1v) is 10.2. The summed E-state index contributed by atoms with van der Waals surface area (Å²) in [6.45, 7) is 0. The van der Waals surface area contributed by atoms with Crippen LogP contribution in [0, 0.1) is 0 Å². The van der Waals surface area contributed by atoms with Crippen LogP contribution in [0.5, 0.6) is 0 Å². The van der Waals surface area contributed by atoms with E-state index in [4.69, 9.17) is 11.6 Å². The molecule has 0 heterocycles. The van der Waals surface area contributed by atoms with Crippen LogP contribution >= 0.6 is 11.6 Å². The van der Waals surface area contributed by atoms with Gasteiger partial charge in [-0.05, 0) is 34.4 Å². The molecule has 1 unspecified atom stereocenters. The molecule has 0 spiro atoms. The number of hydrogen-bond donors (Lipinski definition) is 1. The van der Waals surface area contributed by atoms with E-state index in [-0.39, 0.29) is 0 Å². The van der Waals surface area contributed by atoms with E-state index in [1.165, 1.54) is 0 Å². The minimum atomic E-state index is -1.32. The fraction of sp³-hybridized carbons (Fsp3) is 0.0741. The van der Waals surface area contributed by atoms with Gasteiger partial charge in [-0.1, -0.05) is 115 Å². The van der Waals surface area contributed by atoms with E-state index in [9.17, 15) is 9.90 Å².